The van der Waals surface area contributed by atoms with Crippen molar-refractivity contribution in [1.82, 2.24) is 15.1 Å². The number of carbonyl (C=O) groups is 1. The molecule has 5 heteroatoms. The third kappa shape index (κ3) is 3.71. The number of aryl methyl sites for hydroxylation is 1. The molecule has 0 fully saturated rings. The van der Waals surface area contributed by atoms with Crippen LogP contribution in [0.4, 0.5) is 0 Å². The molecule has 2 aromatic rings. The van der Waals surface area contributed by atoms with Gasteiger partial charge in [0.2, 0.25) is 0 Å². The van der Waals surface area contributed by atoms with E-state index < -0.39 is 0 Å². The lowest BCUT2D eigenvalue weighted by molar-refractivity contribution is 0.0951. The summed E-state index contributed by atoms with van der Waals surface area (Å²) >= 11 is 0. The molecule has 108 valence electrons. The molecule has 5 nitrogen and oxygen atoms in total. The Morgan fingerprint density at radius 3 is 2.67 bits per heavy atom. The van der Waals surface area contributed by atoms with Crippen LogP contribution < -0.4 is 11.1 Å². The average Bonchev–Trinajstić information content (AvgIpc) is 2.83. The summed E-state index contributed by atoms with van der Waals surface area (Å²) in [5.41, 5.74) is 8.83. The number of hydrogen-bond acceptors (Lipinski definition) is 3. The fourth-order valence-electron chi connectivity index (χ4n) is 1.85. The molecule has 0 atom stereocenters. The molecular formula is C16H18N4O. The van der Waals surface area contributed by atoms with Gasteiger partial charge in [-0.2, -0.15) is 5.10 Å². The smallest absolute Gasteiger partial charge is 0.251 e. The van der Waals surface area contributed by atoms with Gasteiger partial charge in [-0.25, -0.2) is 0 Å². The highest BCUT2D eigenvalue weighted by molar-refractivity contribution is 5.94. The first-order chi connectivity index (χ1) is 10.1. The van der Waals surface area contributed by atoms with Crippen LogP contribution in [0, 0.1) is 18.8 Å². The predicted molar refractivity (Wildman–Crippen MR) is 81.5 cm³/mol. The molecule has 1 aromatic heterocycles. The highest BCUT2D eigenvalue weighted by Gasteiger charge is 2.08. The SMILES string of the molecule is Cc1c(CNC(=O)c2ccc(C#CCN)cc2)cnn1C. The summed E-state index contributed by atoms with van der Waals surface area (Å²) in [6.07, 6.45) is 1.77. The van der Waals surface area contributed by atoms with Gasteiger partial charge in [0.25, 0.3) is 5.91 Å². The van der Waals surface area contributed by atoms with E-state index in [0.717, 1.165) is 16.8 Å². The second-order valence-corrected chi connectivity index (χ2v) is 4.64. The molecule has 0 saturated carbocycles. The van der Waals surface area contributed by atoms with Crippen LogP contribution in [0.15, 0.2) is 30.5 Å². The Morgan fingerprint density at radius 2 is 2.10 bits per heavy atom. The Morgan fingerprint density at radius 1 is 1.38 bits per heavy atom. The van der Waals surface area contributed by atoms with Crippen molar-refractivity contribution >= 4 is 5.91 Å². The molecule has 0 aliphatic carbocycles. The summed E-state index contributed by atoms with van der Waals surface area (Å²) in [5.74, 6) is 5.58. The predicted octanol–water partition coefficient (Wildman–Crippen LogP) is 0.969. The van der Waals surface area contributed by atoms with E-state index in [1.165, 1.54) is 0 Å². The third-order valence-electron chi connectivity index (χ3n) is 3.26. The second kappa shape index (κ2) is 6.73. The lowest BCUT2D eigenvalue weighted by atomic mass is 10.1. The first kappa shape index (κ1) is 14.8. The van der Waals surface area contributed by atoms with Crippen LogP contribution in [0.1, 0.15) is 27.2 Å². The number of hydrogen-bond donors (Lipinski definition) is 2. The molecule has 0 unspecified atom stereocenters. The molecule has 3 N–H and O–H groups in total. The molecule has 1 aromatic carbocycles. The molecule has 1 amide bonds. The summed E-state index contributed by atoms with van der Waals surface area (Å²) < 4.78 is 1.78. The van der Waals surface area contributed by atoms with Gasteiger partial charge in [0.05, 0.1) is 12.7 Å². The fraction of sp³-hybridized carbons (Fsp3) is 0.250. The van der Waals surface area contributed by atoms with Crippen molar-refractivity contribution in [2.45, 2.75) is 13.5 Å². The van der Waals surface area contributed by atoms with Crippen LogP contribution in [0.2, 0.25) is 0 Å². The highest BCUT2D eigenvalue weighted by Crippen LogP contribution is 2.07. The molecule has 0 aliphatic rings. The largest absolute Gasteiger partial charge is 0.348 e. The van der Waals surface area contributed by atoms with Crippen molar-refractivity contribution in [2.75, 3.05) is 6.54 Å². The van der Waals surface area contributed by atoms with E-state index in [4.69, 9.17) is 5.73 Å². The minimum Gasteiger partial charge on any atom is -0.348 e. The Kier molecular flexibility index (Phi) is 4.75. The maximum Gasteiger partial charge on any atom is 0.251 e. The van der Waals surface area contributed by atoms with Gasteiger partial charge in [-0.1, -0.05) is 11.8 Å². The van der Waals surface area contributed by atoms with Crippen LogP contribution in [-0.2, 0) is 13.6 Å². The summed E-state index contributed by atoms with van der Waals surface area (Å²) in [5, 5.41) is 7.03. The number of aromatic nitrogens is 2. The van der Waals surface area contributed by atoms with Crippen LogP contribution in [0.5, 0.6) is 0 Å². The molecule has 0 radical (unpaired) electrons. The Balaban J connectivity index is 1.99. The van der Waals surface area contributed by atoms with Crippen molar-refractivity contribution < 1.29 is 4.79 Å². The Hall–Kier alpha value is -2.58. The number of benzene rings is 1. The third-order valence-corrected chi connectivity index (χ3v) is 3.26. The molecule has 2 rings (SSSR count). The molecule has 1 heterocycles. The zero-order valence-corrected chi connectivity index (χ0v) is 12.2. The number of nitrogens with one attached hydrogen (secondary N) is 1. The number of rotatable bonds is 3. The van der Waals surface area contributed by atoms with Crippen LogP contribution in [0.25, 0.3) is 0 Å². The van der Waals surface area contributed by atoms with Gasteiger partial charge in [0.15, 0.2) is 0 Å². The van der Waals surface area contributed by atoms with E-state index in [1.54, 1.807) is 23.0 Å². The summed E-state index contributed by atoms with van der Waals surface area (Å²) in [6.45, 7) is 2.76. The Bertz CT molecular complexity index is 689. The zero-order valence-electron chi connectivity index (χ0n) is 12.2. The quantitative estimate of drug-likeness (QED) is 0.824. The van der Waals surface area contributed by atoms with Crippen LogP contribution in [0.3, 0.4) is 0 Å². The van der Waals surface area contributed by atoms with Gasteiger partial charge in [0, 0.05) is 36.0 Å². The van der Waals surface area contributed by atoms with Gasteiger partial charge in [-0.3, -0.25) is 9.48 Å². The summed E-state index contributed by atoms with van der Waals surface area (Å²) in [4.78, 5) is 12.1. The van der Waals surface area contributed by atoms with Gasteiger partial charge in [-0.15, -0.1) is 0 Å². The second-order valence-electron chi connectivity index (χ2n) is 4.64. The maximum absolute atomic E-state index is 12.1. The van der Waals surface area contributed by atoms with Crippen molar-refractivity contribution in [3.05, 3.63) is 52.8 Å². The summed E-state index contributed by atoms with van der Waals surface area (Å²) in [7, 11) is 1.88. The fourth-order valence-corrected chi connectivity index (χ4v) is 1.85. The van der Waals surface area contributed by atoms with E-state index >= 15 is 0 Å². The number of nitrogens with zero attached hydrogens (tertiary/aromatic N) is 2. The van der Waals surface area contributed by atoms with Crippen molar-refractivity contribution in [3.8, 4) is 11.8 Å². The molecular weight excluding hydrogens is 264 g/mol. The van der Waals surface area contributed by atoms with E-state index in [9.17, 15) is 4.79 Å². The van der Waals surface area contributed by atoms with Crippen molar-refractivity contribution in [1.29, 1.82) is 0 Å². The lowest BCUT2D eigenvalue weighted by Gasteiger charge is -2.05. The molecule has 0 bridgehead atoms. The molecule has 0 saturated heterocycles. The van der Waals surface area contributed by atoms with Gasteiger partial charge in [-0.05, 0) is 31.2 Å². The minimum atomic E-state index is -0.114. The van der Waals surface area contributed by atoms with E-state index in [0.29, 0.717) is 18.7 Å². The number of carbonyl (C=O) groups excluding carboxylic acids is 1. The molecule has 21 heavy (non-hydrogen) atoms. The van der Waals surface area contributed by atoms with Crippen LogP contribution in [-0.4, -0.2) is 22.2 Å². The van der Waals surface area contributed by atoms with E-state index in [-0.39, 0.29) is 5.91 Å². The maximum atomic E-state index is 12.1. The first-order valence-corrected chi connectivity index (χ1v) is 6.66. The molecule has 0 spiro atoms. The lowest BCUT2D eigenvalue weighted by Crippen LogP contribution is -2.23. The van der Waals surface area contributed by atoms with E-state index in [1.807, 2.05) is 26.1 Å². The van der Waals surface area contributed by atoms with Gasteiger partial charge < -0.3 is 11.1 Å². The zero-order chi connectivity index (χ0) is 15.2. The Labute approximate surface area is 124 Å². The van der Waals surface area contributed by atoms with Crippen molar-refractivity contribution in [3.63, 3.8) is 0 Å². The van der Waals surface area contributed by atoms with Crippen molar-refractivity contribution in [2.24, 2.45) is 12.8 Å². The molecule has 0 aliphatic heterocycles. The standard InChI is InChI=1S/C16H18N4O/c1-12-15(11-19-20(12)2)10-18-16(21)14-7-5-13(6-8-14)4-3-9-17/h5-8,11H,9-10,17H2,1-2H3,(H,18,21). The van der Waals surface area contributed by atoms with E-state index in [2.05, 4.69) is 22.3 Å². The van der Waals surface area contributed by atoms with Gasteiger partial charge in [0.1, 0.15) is 0 Å². The van der Waals surface area contributed by atoms with Gasteiger partial charge >= 0.3 is 0 Å². The minimum absolute atomic E-state index is 0.114. The first-order valence-electron chi connectivity index (χ1n) is 6.66. The average molecular weight is 282 g/mol. The normalized spacial score (nSPS) is 9.86. The number of nitrogens with two attached hydrogens (primary N) is 1. The number of amides is 1. The monoisotopic (exact) mass is 282 g/mol. The summed E-state index contributed by atoms with van der Waals surface area (Å²) in [6, 6.07) is 7.14. The van der Waals surface area contributed by atoms with Crippen LogP contribution >= 0.6 is 0 Å². The topological polar surface area (TPSA) is 72.9 Å². The highest BCUT2D eigenvalue weighted by atomic mass is 16.1.